The summed E-state index contributed by atoms with van der Waals surface area (Å²) in [5, 5.41) is 13.7. The molecule has 0 bridgehead atoms. The summed E-state index contributed by atoms with van der Waals surface area (Å²) < 4.78 is 6.96. The number of amides is 4. The molecule has 2 aliphatic rings. The number of aliphatic hydroxyl groups excluding tert-OH is 1. The van der Waals surface area contributed by atoms with E-state index in [9.17, 15) is 19.5 Å². The number of carbonyl (C=O) groups excluding carboxylic acids is 3. The first-order valence-electron chi connectivity index (χ1n) is 10.2. The summed E-state index contributed by atoms with van der Waals surface area (Å²) in [6, 6.07) is 13.5. The van der Waals surface area contributed by atoms with Crippen LogP contribution in [0.5, 0.6) is 11.5 Å². The highest BCUT2D eigenvalue weighted by atomic mass is 127. The van der Waals surface area contributed by atoms with Gasteiger partial charge < -0.3 is 9.84 Å². The number of benzene rings is 2. The van der Waals surface area contributed by atoms with Crippen molar-refractivity contribution in [2.24, 2.45) is 0 Å². The number of hydrogen-bond donors (Lipinski definition) is 3. The molecule has 32 heavy (non-hydrogen) atoms. The van der Waals surface area contributed by atoms with Crippen molar-refractivity contribution in [1.82, 2.24) is 20.4 Å². The molecule has 168 valence electrons. The van der Waals surface area contributed by atoms with Crippen LogP contribution in [0.25, 0.3) is 0 Å². The van der Waals surface area contributed by atoms with Gasteiger partial charge in [-0.25, -0.2) is 4.79 Å². The number of aliphatic hydroxyl groups is 1. The molecule has 0 spiro atoms. The van der Waals surface area contributed by atoms with Gasteiger partial charge in [0.2, 0.25) is 5.54 Å². The van der Waals surface area contributed by atoms with Crippen molar-refractivity contribution in [3.63, 3.8) is 0 Å². The van der Waals surface area contributed by atoms with Gasteiger partial charge in [-0.05, 0) is 64.6 Å². The van der Waals surface area contributed by atoms with Crippen LogP contribution in [0.15, 0.2) is 48.5 Å². The Labute approximate surface area is 198 Å². The number of imide groups is 2. The molecule has 2 heterocycles. The quantitative estimate of drug-likeness (QED) is 0.367. The lowest BCUT2D eigenvalue weighted by Crippen LogP contribution is -2.72. The zero-order valence-corrected chi connectivity index (χ0v) is 19.4. The van der Waals surface area contributed by atoms with E-state index in [1.807, 2.05) is 24.3 Å². The summed E-state index contributed by atoms with van der Waals surface area (Å²) >= 11 is 2.21. The predicted octanol–water partition coefficient (Wildman–Crippen LogP) is 1.25. The molecule has 4 amide bonds. The van der Waals surface area contributed by atoms with Crippen molar-refractivity contribution in [2.75, 3.05) is 39.3 Å². The first-order valence-corrected chi connectivity index (χ1v) is 11.3. The van der Waals surface area contributed by atoms with Gasteiger partial charge >= 0.3 is 6.03 Å². The predicted molar refractivity (Wildman–Crippen MR) is 124 cm³/mol. The zero-order valence-electron chi connectivity index (χ0n) is 17.2. The van der Waals surface area contributed by atoms with Crippen LogP contribution in [0.4, 0.5) is 4.79 Å². The first kappa shape index (κ1) is 22.6. The van der Waals surface area contributed by atoms with Crippen LogP contribution in [0.3, 0.4) is 0 Å². The molecule has 2 aromatic carbocycles. The molecule has 0 radical (unpaired) electrons. The Bertz CT molecular complexity index is 984. The second kappa shape index (κ2) is 9.53. The van der Waals surface area contributed by atoms with Gasteiger partial charge in [-0.3, -0.25) is 30.0 Å². The van der Waals surface area contributed by atoms with Crippen LogP contribution in [0.1, 0.15) is 5.56 Å². The van der Waals surface area contributed by atoms with Gasteiger partial charge in [0.05, 0.1) is 6.61 Å². The Balaban J connectivity index is 1.63. The van der Waals surface area contributed by atoms with E-state index in [1.54, 1.807) is 29.2 Å². The van der Waals surface area contributed by atoms with E-state index >= 15 is 0 Å². The fraction of sp³-hybridized carbons (Fsp3) is 0.318. The molecule has 0 aliphatic carbocycles. The van der Waals surface area contributed by atoms with E-state index in [-0.39, 0.29) is 6.61 Å². The normalized spacial score (nSPS) is 19.4. The number of nitrogens with zero attached hydrogens (tertiary/aromatic N) is 2. The van der Waals surface area contributed by atoms with Crippen molar-refractivity contribution in [1.29, 1.82) is 0 Å². The molecule has 3 N–H and O–H groups in total. The highest BCUT2D eigenvalue weighted by Gasteiger charge is 2.56. The maximum atomic E-state index is 13.1. The summed E-state index contributed by atoms with van der Waals surface area (Å²) in [6.45, 7) is 2.60. The Hall–Kier alpha value is -2.54. The largest absolute Gasteiger partial charge is 0.457 e. The van der Waals surface area contributed by atoms with Gasteiger partial charge in [0, 0.05) is 36.3 Å². The number of hydrogen-bond acceptors (Lipinski definition) is 7. The van der Waals surface area contributed by atoms with Gasteiger partial charge in [-0.2, -0.15) is 0 Å². The SMILES string of the molecule is O=C1NC(=O)C(c2ccc(Oc3ccc(I)cc3)cc2)(N2CCN(CCO)CC2)C(=O)N1. The third-order valence-electron chi connectivity index (χ3n) is 5.70. The lowest BCUT2D eigenvalue weighted by Gasteiger charge is -2.46. The van der Waals surface area contributed by atoms with Crippen LogP contribution in [0, 0.1) is 3.57 Å². The molecule has 2 fully saturated rings. The highest BCUT2D eigenvalue weighted by Crippen LogP contribution is 2.34. The molecule has 9 nitrogen and oxygen atoms in total. The molecule has 2 aliphatic heterocycles. The Morgan fingerprint density at radius 1 is 0.875 bits per heavy atom. The Kier molecular flexibility index (Phi) is 6.74. The molecule has 0 unspecified atom stereocenters. The summed E-state index contributed by atoms with van der Waals surface area (Å²) in [5.41, 5.74) is -1.22. The van der Waals surface area contributed by atoms with Gasteiger partial charge in [-0.15, -0.1) is 0 Å². The average molecular weight is 550 g/mol. The molecule has 0 saturated carbocycles. The summed E-state index contributed by atoms with van der Waals surface area (Å²) in [6.07, 6.45) is 0. The minimum atomic E-state index is -1.67. The van der Waals surface area contributed by atoms with Crippen LogP contribution in [-0.4, -0.2) is 72.1 Å². The highest BCUT2D eigenvalue weighted by molar-refractivity contribution is 14.1. The maximum Gasteiger partial charge on any atom is 0.328 e. The van der Waals surface area contributed by atoms with E-state index in [0.29, 0.717) is 49.8 Å². The van der Waals surface area contributed by atoms with E-state index in [1.165, 1.54) is 0 Å². The molecule has 2 saturated heterocycles. The third kappa shape index (κ3) is 4.35. The number of halogens is 1. The average Bonchev–Trinajstić information content (AvgIpc) is 2.77. The van der Waals surface area contributed by atoms with Crippen LogP contribution in [-0.2, 0) is 15.1 Å². The fourth-order valence-electron chi connectivity index (χ4n) is 4.10. The van der Waals surface area contributed by atoms with Crippen molar-refractivity contribution in [3.8, 4) is 11.5 Å². The minimum absolute atomic E-state index is 0.0443. The summed E-state index contributed by atoms with van der Waals surface area (Å²) in [5.74, 6) is -0.112. The van der Waals surface area contributed by atoms with E-state index in [2.05, 4.69) is 38.1 Å². The van der Waals surface area contributed by atoms with Crippen molar-refractivity contribution in [2.45, 2.75) is 5.54 Å². The summed E-state index contributed by atoms with van der Waals surface area (Å²) in [4.78, 5) is 41.9. The van der Waals surface area contributed by atoms with Crippen LogP contribution in [0.2, 0.25) is 0 Å². The molecule has 4 rings (SSSR count). The number of rotatable bonds is 6. The number of urea groups is 1. The maximum absolute atomic E-state index is 13.1. The number of carbonyl (C=O) groups is 3. The third-order valence-corrected chi connectivity index (χ3v) is 6.41. The van der Waals surface area contributed by atoms with Crippen molar-refractivity contribution < 1.29 is 24.2 Å². The second-order valence-electron chi connectivity index (χ2n) is 7.58. The lowest BCUT2D eigenvalue weighted by molar-refractivity contribution is -0.150. The van der Waals surface area contributed by atoms with E-state index in [4.69, 9.17) is 4.74 Å². The monoisotopic (exact) mass is 550 g/mol. The molecule has 10 heteroatoms. The van der Waals surface area contributed by atoms with E-state index in [0.717, 1.165) is 3.57 Å². The molecule has 0 aromatic heterocycles. The second-order valence-corrected chi connectivity index (χ2v) is 8.83. The molecule has 2 aromatic rings. The van der Waals surface area contributed by atoms with Gasteiger partial charge in [0.1, 0.15) is 11.5 Å². The summed E-state index contributed by atoms with van der Waals surface area (Å²) in [7, 11) is 0. The molecular weight excluding hydrogens is 527 g/mol. The zero-order chi connectivity index (χ0) is 22.7. The minimum Gasteiger partial charge on any atom is -0.457 e. The Morgan fingerprint density at radius 3 is 1.94 bits per heavy atom. The number of β-amino-alcohol motifs (C(OH)–C–C–N with tert-alkyl or cyclic N) is 1. The van der Waals surface area contributed by atoms with Crippen molar-refractivity contribution >= 4 is 40.4 Å². The molecule has 0 atom stereocenters. The standard InChI is InChI=1S/C22H23IN4O5/c23-16-3-7-18(8-4-16)32-17-5-1-15(2-6-17)22(19(29)24-21(31)25-20(22)30)27-11-9-26(10-12-27)13-14-28/h1-8,28H,9-14H2,(H2,24,25,29,30,31). The fourth-order valence-corrected chi connectivity index (χ4v) is 4.46. The Morgan fingerprint density at radius 2 is 1.41 bits per heavy atom. The molecular formula is C22H23IN4O5. The topological polar surface area (TPSA) is 111 Å². The van der Waals surface area contributed by atoms with Crippen molar-refractivity contribution in [3.05, 3.63) is 57.7 Å². The van der Waals surface area contributed by atoms with E-state index < -0.39 is 23.4 Å². The number of piperazine rings is 1. The van der Waals surface area contributed by atoms with Crippen LogP contribution < -0.4 is 15.4 Å². The number of nitrogens with one attached hydrogen (secondary N) is 2. The lowest BCUT2D eigenvalue weighted by atomic mass is 9.84. The van der Waals surface area contributed by atoms with Gasteiger partial charge in [0.25, 0.3) is 11.8 Å². The van der Waals surface area contributed by atoms with Gasteiger partial charge in [-0.1, -0.05) is 12.1 Å². The number of ether oxygens (including phenoxy) is 1. The smallest absolute Gasteiger partial charge is 0.328 e. The number of barbiturate groups is 1. The first-order chi connectivity index (χ1) is 15.4. The van der Waals surface area contributed by atoms with Gasteiger partial charge in [0.15, 0.2) is 0 Å². The van der Waals surface area contributed by atoms with Crippen LogP contribution >= 0.6 is 22.6 Å².